The molecular weight excluding hydrogens is 380 g/mol. The van der Waals surface area contributed by atoms with E-state index in [9.17, 15) is 0 Å². The molecular formula is C25H52O3S. The highest BCUT2D eigenvalue weighted by atomic mass is 32.2. The molecule has 0 radical (unpaired) electrons. The smallest absolute Gasteiger partial charge is 0.285 e. The Labute approximate surface area is 187 Å². The number of hydrogen-bond donors (Lipinski definition) is 0. The molecule has 0 aliphatic rings. The van der Waals surface area contributed by atoms with Gasteiger partial charge < -0.3 is 14.2 Å². The van der Waals surface area contributed by atoms with Crippen LogP contribution in [0.1, 0.15) is 117 Å². The summed E-state index contributed by atoms with van der Waals surface area (Å²) >= 11 is 2.08. The van der Waals surface area contributed by atoms with Crippen LogP contribution in [0.25, 0.3) is 0 Å². The number of unbranched alkanes of at least 4 members (excludes halogenated alkanes) is 12. The van der Waals surface area contributed by atoms with Crippen molar-refractivity contribution in [3.05, 3.63) is 0 Å². The SMILES string of the molecule is CCCCCCCCCCSCCC(CCCCCCCC)C(OC)(OC)OC. The van der Waals surface area contributed by atoms with Gasteiger partial charge in [0.25, 0.3) is 5.97 Å². The molecule has 0 aromatic rings. The Hall–Kier alpha value is 0.230. The molecule has 176 valence electrons. The van der Waals surface area contributed by atoms with Crippen molar-refractivity contribution in [1.82, 2.24) is 0 Å². The normalized spacial score (nSPS) is 13.1. The van der Waals surface area contributed by atoms with Crippen LogP contribution in [0.2, 0.25) is 0 Å². The Kier molecular flexibility index (Phi) is 21.6. The summed E-state index contributed by atoms with van der Waals surface area (Å²) in [4.78, 5) is 0. The first kappa shape index (κ1) is 29.2. The van der Waals surface area contributed by atoms with Gasteiger partial charge in [0.2, 0.25) is 0 Å². The van der Waals surface area contributed by atoms with Gasteiger partial charge in [-0.3, -0.25) is 0 Å². The molecule has 1 unspecified atom stereocenters. The molecule has 0 saturated carbocycles. The Bertz CT molecular complexity index is 313. The summed E-state index contributed by atoms with van der Waals surface area (Å²) in [5.74, 6) is 1.84. The minimum Gasteiger partial charge on any atom is -0.331 e. The fraction of sp³-hybridized carbons (Fsp3) is 1.00. The Balaban J connectivity index is 4.05. The van der Waals surface area contributed by atoms with E-state index >= 15 is 0 Å². The van der Waals surface area contributed by atoms with Gasteiger partial charge in [0.15, 0.2) is 0 Å². The van der Waals surface area contributed by atoms with Crippen LogP contribution in [0.3, 0.4) is 0 Å². The summed E-state index contributed by atoms with van der Waals surface area (Å²) in [6, 6.07) is 0. The third-order valence-electron chi connectivity index (χ3n) is 6.01. The lowest BCUT2D eigenvalue weighted by Crippen LogP contribution is -2.44. The Morgan fingerprint density at radius 2 is 1.00 bits per heavy atom. The molecule has 3 nitrogen and oxygen atoms in total. The molecule has 0 fully saturated rings. The number of methoxy groups -OCH3 is 3. The highest BCUT2D eigenvalue weighted by Crippen LogP contribution is 2.32. The summed E-state index contributed by atoms with van der Waals surface area (Å²) in [5, 5.41) is 0. The molecule has 29 heavy (non-hydrogen) atoms. The second kappa shape index (κ2) is 21.5. The summed E-state index contributed by atoms with van der Waals surface area (Å²) in [6.45, 7) is 4.55. The van der Waals surface area contributed by atoms with Crippen LogP contribution in [0.15, 0.2) is 0 Å². The third kappa shape index (κ3) is 14.8. The topological polar surface area (TPSA) is 27.7 Å². The van der Waals surface area contributed by atoms with Gasteiger partial charge in [-0.1, -0.05) is 97.3 Å². The van der Waals surface area contributed by atoms with Gasteiger partial charge in [-0.05, 0) is 30.8 Å². The fourth-order valence-corrected chi connectivity index (χ4v) is 5.15. The van der Waals surface area contributed by atoms with Crippen molar-refractivity contribution in [2.75, 3.05) is 32.8 Å². The lowest BCUT2D eigenvalue weighted by atomic mass is 9.95. The van der Waals surface area contributed by atoms with E-state index in [2.05, 4.69) is 25.6 Å². The van der Waals surface area contributed by atoms with Gasteiger partial charge >= 0.3 is 0 Å². The van der Waals surface area contributed by atoms with Crippen LogP contribution in [0.5, 0.6) is 0 Å². The summed E-state index contributed by atoms with van der Waals surface area (Å²) in [7, 11) is 5.11. The number of thioether (sulfide) groups is 1. The summed E-state index contributed by atoms with van der Waals surface area (Å²) < 4.78 is 17.1. The molecule has 0 rings (SSSR count). The highest BCUT2D eigenvalue weighted by Gasteiger charge is 2.39. The lowest BCUT2D eigenvalue weighted by Gasteiger charge is -2.36. The number of rotatable bonds is 23. The van der Waals surface area contributed by atoms with Crippen molar-refractivity contribution in [1.29, 1.82) is 0 Å². The van der Waals surface area contributed by atoms with Crippen molar-refractivity contribution in [3.63, 3.8) is 0 Å². The first-order chi connectivity index (χ1) is 14.2. The highest BCUT2D eigenvalue weighted by molar-refractivity contribution is 7.99. The molecule has 0 heterocycles. The van der Waals surface area contributed by atoms with Crippen molar-refractivity contribution in [3.8, 4) is 0 Å². The first-order valence-corrected chi connectivity index (χ1v) is 13.6. The summed E-state index contributed by atoms with van der Waals surface area (Å²) in [6.07, 6.45) is 21.3. The molecule has 0 amide bonds. The van der Waals surface area contributed by atoms with Crippen LogP contribution in [0.4, 0.5) is 0 Å². The predicted molar refractivity (Wildman–Crippen MR) is 130 cm³/mol. The van der Waals surface area contributed by atoms with E-state index in [4.69, 9.17) is 14.2 Å². The van der Waals surface area contributed by atoms with Gasteiger partial charge in [0, 0.05) is 27.2 Å². The zero-order valence-electron chi connectivity index (χ0n) is 20.4. The number of hydrogen-bond acceptors (Lipinski definition) is 4. The first-order valence-electron chi connectivity index (χ1n) is 12.4. The van der Waals surface area contributed by atoms with E-state index in [0.717, 1.165) is 18.6 Å². The minimum absolute atomic E-state index is 0.291. The summed E-state index contributed by atoms with van der Waals surface area (Å²) in [5.41, 5.74) is 0. The van der Waals surface area contributed by atoms with E-state index in [-0.39, 0.29) is 0 Å². The molecule has 0 N–H and O–H groups in total. The fourth-order valence-electron chi connectivity index (χ4n) is 4.08. The predicted octanol–water partition coefficient (Wildman–Crippen LogP) is 8.21. The molecule has 0 aromatic carbocycles. The average molecular weight is 433 g/mol. The molecule has 0 aliphatic carbocycles. The maximum atomic E-state index is 5.69. The van der Waals surface area contributed by atoms with Gasteiger partial charge in [-0.2, -0.15) is 11.8 Å². The zero-order valence-corrected chi connectivity index (χ0v) is 21.3. The Morgan fingerprint density at radius 1 is 0.552 bits per heavy atom. The van der Waals surface area contributed by atoms with Crippen molar-refractivity contribution in [2.24, 2.45) is 5.92 Å². The van der Waals surface area contributed by atoms with Crippen LogP contribution in [-0.2, 0) is 14.2 Å². The van der Waals surface area contributed by atoms with E-state index < -0.39 is 5.97 Å². The monoisotopic (exact) mass is 432 g/mol. The van der Waals surface area contributed by atoms with Crippen LogP contribution >= 0.6 is 11.8 Å². The molecule has 0 aliphatic heterocycles. The molecule has 0 aromatic heterocycles. The average Bonchev–Trinajstić information content (AvgIpc) is 2.75. The van der Waals surface area contributed by atoms with E-state index in [1.807, 2.05) is 0 Å². The van der Waals surface area contributed by atoms with Crippen molar-refractivity contribution >= 4 is 11.8 Å². The van der Waals surface area contributed by atoms with Crippen LogP contribution in [-0.4, -0.2) is 38.8 Å². The lowest BCUT2D eigenvalue weighted by molar-refractivity contribution is -0.379. The maximum absolute atomic E-state index is 5.69. The molecule has 4 heteroatoms. The van der Waals surface area contributed by atoms with E-state index in [0.29, 0.717) is 5.92 Å². The second-order valence-electron chi connectivity index (χ2n) is 8.35. The van der Waals surface area contributed by atoms with Gasteiger partial charge in [0.05, 0.1) is 0 Å². The van der Waals surface area contributed by atoms with Crippen molar-refractivity contribution in [2.45, 2.75) is 123 Å². The van der Waals surface area contributed by atoms with Gasteiger partial charge in [-0.25, -0.2) is 0 Å². The third-order valence-corrected chi connectivity index (χ3v) is 7.11. The molecule has 1 atom stereocenters. The van der Waals surface area contributed by atoms with Gasteiger partial charge in [0.1, 0.15) is 0 Å². The quantitative estimate of drug-likeness (QED) is 0.120. The van der Waals surface area contributed by atoms with Crippen LogP contribution < -0.4 is 0 Å². The minimum atomic E-state index is -0.886. The van der Waals surface area contributed by atoms with Crippen molar-refractivity contribution < 1.29 is 14.2 Å². The molecule has 0 saturated heterocycles. The van der Waals surface area contributed by atoms with E-state index in [1.54, 1.807) is 21.3 Å². The zero-order chi connectivity index (χ0) is 21.6. The molecule has 0 bridgehead atoms. The largest absolute Gasteiger partial charge is 0.331 e. The van der Waals surface area contributed by atoms with Crippen LogP contribution in [0, 0.1) is 5.92 Å². The number of ether oxygens (including phenoxy) is 3. The molecule has 0 spiro atoms. The maximum Gasteiger partial charge on any atom is 0.285 e. The van der Waals surface area contributed by atoms with Gasteiger partial charge in [-0.15, -0.1) is 0 Å². The standard InChI is InChI=1S/C25H52O3S/c1-6-8-10-12-14-15-17-19-22-29-23-21-24(25(26-3,27-4)28-5)20-18-16-13-11-9-7-2/h24H,6-23H2,1-5H3. The second-order valence-corrected chi connectivity index (χ2v) is 9.57. The van der Waals surface area contributed by atoms with E-state index in [1.165, 1.54) is 95.6 Å². The Morgan fingerprint density at radius 3 is 1.48 bits per heavy atom.